The van der Waals surface area contributed by atoms with Crippen molar-refractivity contribution in [3.05, 3.63) is 46.0 Å². The number of hydrogen-bond acceptors (Lipinski definition) is 5. The maximum Gasteiger partial charge on any atom is 0.264 e. The van der Waals surface area contributed by atoms with Crippen LogP contribution in [0.15, 0.2) is 27.6 Å². The zero-order valence-corrected chi connectivity index (χ0v) is 17.4. The summed E-state index contributed by atoms with van der Waals surface area (Å²) in [6.45, 7) is 7.27. The van der Waals surface area contributed by atoms with Crippen LogP contribution in [0.4, 0.5) is 5.69 Å². The van der Waals surface area contributed by atoms with Crippen LogP contribution in [0.25, 0.3) is 11.5 Å². The Balaban J connectivity index is 2.16. The van der Waals surface area contributed by atoms with Crippen molar-refractivity contribution in [1.29, 1.82) is 0 Å². The second-order valence-corrected chi connectivity index (χ2v) is 8.42. The summed E-state index contributed by atoms with van der Waals surface area (Å²) in [4.78, 5) is 4.45. The van der Waals surface area contributed by atoms with E-state index in [0.717, 1.165) is 11.3 Å². The molecular weight excluding hydrogens is 388 g/mol. The molecule has 0 unspecified atom stereocenters. The van der Waals surface area contributed by atoms with Gasteiger partial charge in [0.05, 0.1) is 11.3 Å². The van der Waals surface area contributed by atoms with Crippen LogP contribution in [0, 0.1) is 20.8 Å². The maximum absolute atomic E-state index is 13.2. The first-order valence-corrected chi connectivity index (χ1v) is 10.3. The molecule has 7 nitrogen and oxygen atoms in total. The zero-order valence-electron chi connectivity index (χ0n) is 15.8. The second-order valence-electron chi connectivity index (χ2n) is 6.37. The third kappa shape index (κ3) is 3.46. The molecule has 1 aromatic carbocycles. The van der Waals surface area contributed by atoms with Crippen molar-refractivity contribution in [2.75, 3.05) is 4.72 Å². The molecule has 0 fully saturated rings. The van der Waals surface area contributed by atoms with Crippen molar-refractivity contribution in [2.24, 2.45) is 7.05 Å². The van der Waals surface area contributed by atoms with E-state index < -0.39 is 10.0 Å². The van der Waals surface area contributed by atoms with Crippen LogP contribution in [-0.2, 0) is 23.5 Å². The highest BCUT2D eigenvalue weighted by atomic mass is 35.5. The molecule has 0 saturated carbocycles. The summed E-state index contributed by atoms with van der Waals surface area (Å²) >= 11 is 5.97. The third-order valence-corrected chi connectivity index (χ3v) is 6.38. The van der Waals surface area contributed by atoms with Gasteiger partial charge in [0, 0.05) is 29.9 Å². The smallest absolute Gasteiger partial charge is 0.264 e. The van der Waals surface area contributed by atoms with Gasteiger partial charge in [-0.3, -0.25) is 4.72 Å². The normalized spacial score (nSPS) is 11.8. The lowest BCUT2D eigenvalue weighted by atomic mass is 10.2. The minimum Gasteiger partial charge on any atom is -0.350 e. The average molecular weight is 409 g/mol. The van der Waals surface area contributed by atoms with Gasteiger partial charge in [0.1, 0.15) is 4.90 Å². The standard InChI is InChI=1S/C18H21ClN4O3S/c1-6-15-20-18(26-21-15)16-11(3)23(5)12(4)17(16)27(24,25)22-14-8-7-13(19)9-10(14)2/h7-9,22H,6H2,1-5H3. The number of nitrogens with zero attached hydrogens (tertiary/aromatic N) is 3. The molecule has 0 amide bonds. The Bertz CT molecular complexity index is 1120. The molecule has 3 rings (SSSR count). The molecule has 0 saturated heterocycles. The average Bonchev–Trinajstić information content (AvgIpc) is 3.16. The number of rotatable bonds is 5. The highest BCUT2D eigenvalue weighted by Gasteiger charge is 2.31. The van der Waals surface area contributed by atoms with Gasteiger partial charge in [-0.15, -0.1) is 0 Å². The maximum atomic E-state index is 13.2. The number of sulfonamides is 1. The van der Waals surface area contributed by atoms with Gasteiger partial charge in [0.25, 0.3) is 15.9 Å². The van der Waals surface area contributed by atoms with E-state index in [9.17, 15) is 8.42 Å². The van der Waals surface area contributed by atoms with Crippen molar-refractivity contribution in [2.45, 2.75) is 39.0 Å². The van der Waals surface area contributed by atoms with Crippen molar-refractivity contribution < 1.29 is 12.9 Å². The Hall–Kier alpha value is -2.32. The number of nitrogens with one attached hydrogen (secondary N) is 1. The Morgan fingerprint density at radius 3 is 2.52 bits per heavy atom. The largest absolute Gasteiger partial charge is 0.350 e. The minimum absolute atomic E-state index is 0.128. The van der Waals surface area contributed by atoms with Crippen LogP contribution in [0.1, 0.15) is 29.7 Å². The van der Waals surface area contributed by atoms with Gasteiger partial charge in [-0.05, 0) is 44.5 Å². The fraction of sp³-hybridized carbons (Fsp3) is 0.333. The molecule has 0 aliphatic rings. The monoisotopic (exact) mass is 408 g/mol. The van der Waals surface area contributed by atoms with Crippen molar-refractivity contribution in [3.63, 3.8) is 0 Å². The van der Waals surface area contributed by atoms with E-state index >= 15 is 0 Å². The number of aromatic nitrogens is 3. The molecular formula is C18H21ClN4O3S. The van der Waals surface area contributed by atoms with Gasteiger partial charge in [-0.25, -0.2) is 8.42 Å². The van der Waals surface area contributed by atoms with Gasteiger partial charge in [0.2, 0.25) is 0 Å². The second kappa shape index (κ2) is 7.01. The topological polar surface area (TPSA) is 90.0 Å². The Labute approximate surface area is 163 Å². The summed E-state index contributed by atoms with van der Waals surface area (Å²) in [6, 6.07) is 4.98. The third-order valence-electron chi connectivity index (χ3n) is 4.62. The minimum atomic E-state index is -3.90. The van der Waals surface area contributed by atoms with E-state index in [1.165, 1.54) is 0 Å². The quantitative estimate of drug-likeness (QED) is 0.688. The first-order chi connectivity index (χ1) is 12.7. The zero-order chi connectivity index (χ0) is 19.9. The number of hydrogen-bond donors (Lipinski definition) is 1. The summed E-state index contributed by atoms with van der Waals surface area (Å²) in [7, 11) is -2.10. The van der Waals surface area contributed by atoms with E-state index in [-0.39, 0.29) is 10.8 Å². The van der Waals surface area contributed by atoms with Gasteiger partial charge < -0.3 is 9.09 Å². The molecule has 2 aromatic heterocycles. The number of anilines is 1. The van der Waals surface area contributed by atoms with Crippen LogP contribution in [0.2, 0.25) is 5.02 Å². The van der Waals surface area contributed by atoms with E-state index in [1.54, 1.807) is 43.7 Å². The van der Waals surface area contributed by atoms with Crippen molar-refractivity contribution in [3.8, 4) is 11.5 Å². The predicted octanol–water partition coefficient (Wildman–Crippen LogP) is 4.02. The molecule has 27 heavy (non-hydrogen) atoms. The summed E-state index contributed by atoms with van der Waals surface area (Å²) in [5, 5.41) is 4.44. The number of benzene rings is 1. The van der Waals surface area contributed by atoms with Crippen LogP contribution < -0.4 is 4.72 Å². The van der Waals surface area contributed by atoms with Crippen molar-refractivity contribution >= 4 is 27.3 Å². The lowest BCUT2D eigenvalue weighted by Gasteiger charge is -2.12. The van der Waals surface area contributed by atoms with Crippen LogP contribution in [-0.4, -0.2) is 23.1 Å². The summed E-state index contributed by atoms with van der Waals surface area (Å²) in [5.41, 5.74) is 2.92. The van der Waals surface area contributed by atoms with E-state index in [4.69, 9.17) is 16.1 Å². The molecule has 0 bridgehead atoms. The van der Waals surface area contributed by atoms with Gasteiger partial charge in [0.15, 0.2) is 5.82 Å². The molecule has 0 aliphatic carbocycles. The van der Waals surface area contributed by atoms with E-state index in [2.05, 4.69) is 14.9 Å². The molecule has 3 aromatic rings. The first kappa shape index (κ1) is 19.4. The van der Waals surface area contributed by atoms with Gasteiger partial charge >= 0.3 is 0 Å². The summed E-state index contributed by atoms with van der Waals surface area (Å²) in [6.07, 6.45) is 0.596. The predicted molar refractivity (Wildman–Crippen MR) is 105 cm³/mol. The van der Waals surface area contributed by atoms with Crippen LogP contribution in [0.3, 0.4) is 0 Å². The Morgan fingerprint density at radius 1 is 1.22 bits per heavy atom. The van der Waals surface area contributed by atoms with Gasteiger partial charge in [-0.1, -0.05) is 23.7 Å². The molecule has 2 heterocycles. The molecule has 0 radical (unpaired) electrons. The number of halogens is 1. The molecule has 9 heteroatoms. The lowest BCUT2D eigenvalue weighted by Crippen LogP contribution is -2.15. The lowest BCUT2D eigenvalue weighted by molar-refractivity contribution is 0.422. The van der Waals surface area contributed by atoms with Crippen molar-refractivity contribution in [1.82, 2.24) is 14.7 Å². The molecule has 0 atom stereocenters. The fourth-order valence-electron chi connectivity index (χ4n) is 2.93. The molecule has 0 aliphatic heterocycles. The van der Waals surface area contributed by atoms with Crippen LogP contribution >= 0.6 is 11.6 Å². The molecule has 0 spiro atoms. The number of aryl methyl sites for hydroxylation is 2. The van der Waals surface area contributed by atoms with E-state index in [1.807, 2.05) is 13.8 Å². The van der Waals surface area contributed by atoms with Crippen LogP contribution in [0.5, 0.6) is 0 Å². The Morgan fingerprint density at radius 2 is 1.93 bits per heavy atom. The summed E-state index contributed by atoms with van der Waals surface area (Å²) in [5.74, 6) is 0.719. The van der Waals surface area contributed by atoms with E-state index in [0.29, 0.717) is 34.2 Å². The fourth-order valence-corrected chi connectivity index (χ4v) is 4.81. The Kier molecular flexibility index (Phi) is 5.05. The molecule has 144 valence electrons. The SMILES string of the molecule is CCc1noc(-c2c(S(=O)(=O)Nc3ccc(Cl)cc3C)c(C)n(C)c2C)n1. The highest BCUT2D eigenvalue weighted by Crippen LogP contribution is 2.35. The summed E-state index contributed by atoms with van der Waals surface area (Å²) < 4.78 is 36.3. The molecule has 1 N–H and O–H groups in total. The van der Waals surface area contributed by atoms with Gasteiger partial charge in [-0.2, -0.15) is 4.98 Å². The first-order valence-electron chi connectivity index (χ1n) is 8.43. The highest BCUT2D eigenvalue weighted by molar-refractivity contribution is 7.93.